The lowest BCUT2D eigenvalue weighted by Gasteiger charge is -2.40. The molecule has 8 heteroatoms. The van der Waals surface area contributed by atoms with E-state index < -0.39 is 17.8 Å². The van der Waals surface area contributed by atoms with Crippen molar-refractivity contribution in [1.82, 2.24) is 20.2 Å². The van der Waals surface area contributed by atoms with E-state index in [1.165, 1.54) is 6.07 Å². The molecule has 0 unspecified atom stereocenters. The number of methoxy groups -OCH3 is 1. The molecule has 1 aromatic heterocycles. The van der Waals surface area contributed by atoms with Crippen molar-refractivity contribution in [2.24, 2.45) is 5.92 Å². The summed E-state index contributed by atoms with van der Waals surface area (Å²) in [6.07, 6.45) is 4.56. The molecule has 0 spiro atoms. The molecule has 3 rings (SSSR count). The van der Waals surface area contributed by atoms with Crippen LogP contribution in [0.4, 0.5) is 4.39 Å². The largest absolute Gasteiger partial charge is 0.383 e. The number of hydrogen-bond acceptors (Lipinski definition) is 4. The van der Waals surface area contributed by atoms with Crippen LogP contribution in [-0.4, -0.2) is 53.5 Å². The van der Waals surface area contributed by atoms with Crippen LogP contribution in [0.1, 0.15) is 30.1 Å². The van der Waals surface area contributed by atoms with Crippen LogP contribution in [0.3, 0.4) is 0 Å². The summed E-state index contributed by atoms with van der Waals surface area (Å²) in [5.74, 6) is -1.21. The molecule has 150 valence electrons. The lowest BCUT2D eigenvalue weighted by atomic mass is 9.83. The molecule has 1 aliphatic rings. The molecule has 2 amide bonds. The summed E-state index contributed by atoms with van der Waals surface area (Å²) in [5, 5.41) is 2.92. The van der Waals surface area contributed by atoms with E-state index in [0.29, 0.717) is 38.1 Å². The summed E-state index contributed by atoms with van der Waals surface area (Å²) in [6, 6.07) is 5.67. The Morgan fingerprint density at radius 2 is 2.25 bits per heavy atom. The zero-order valence-corrected chi connectivity index (χ0v) is 15.9. The molecular weight excluding hydrogens is 363 g/mol. The first kappa shape index (κ1) is 20.0. The van der Waals surface area contributed by atoms with Gasteiger partial charge in [0.1, 0.15) is 5.82 Å². The Labute approximate surface area is 163 Å². The lowest BCUT2D eigenvalue weighted by Crippen LogP contribution is -2.49. The highest BCUT2D eigenvalue weighted by Crippen LogP contribution is 2.37. The fourth-order valence-electron chi connectivity index (χ4n) is 3.65. The zero-order chi connectivity index (χ0) is 19.9. The van der Waals surface area contributed by atoms with Crippen LogP contribution in [-0.2, 0) is 20.7 Å². The summed E-state index contributed by atoms with van der Waals surface area (Å²) in [7, 11) is 1.55. The number of nitrogens with zero attached hydrogens (tertiary/aromatic N) is 2. The first-order chi connectivity index (χ1) is 13.6. The number of likely N-dealkylation sites (tertiary alicyclic amines) is 1. The predicted molar refractivity (Wildman–Crippen MR) is 101 cm³/mol. The number of aromatic amines is 1. The Kier molecular flexibility index (Phi) is 6.76. The quantitative estimate of drug-likeness (QED) is 0.722. The number of carbonyl (C=O) groups is 2. The van der Waals surface area contributed by atoms with Gasteiger partial charge < -0.3 is 19.9 Å². The second kappa shape index (κ2) is 9.45. The average molecular weight is 388 g/mol. The molecular formula is C20H25FN4O3. The van der Waals surface area contributed by atoms with Crippen molar-refractivity contribution in [2.75, 3.05) is 26.8 Å². The smallest absolute Gasteiger partial charge is 0.225 e. The second-order valence-electron chi connectivity index (χ2n) is 6.81. The van der Waals surface area contributed by atoms with Crippen molar-refractivity contribution in [3.05, 3.63) is 53.9 Å². The Morgan fingerprint density at radius 3 is 2.96 bits per heavy atom. The van der Waals surface area contributed by atoms with Crippen LogP contribution in [0.5, 0.6) is 0 Å². The lowest BCUT2D eigenvalue weighted by molar-refractivity contribution is -0.144. The summed E-state index contributed by atoms with van der Waals surface area (Å²) in [4.78, 5) is 34.0. The van der Waals surface area contributed by atoms with Gasteiger partial charge in [-0.25, -0.2) is 9.37 Å². The maximum Gasteiger partial charge on any atom is 0.225 e. The zero-order valence-electron chi connectivity index (χ0n) is 15.9. The van der Waals surface area contributed by atoms with E-state index in [9.17, 15) is 14.0 Å². The monoisotopic (exact) mass is 388 g/mol. The van der Waals surface area contributed by atoms with Gasteiger partial charge in [0.2, 0.25) is 11.8 Å². The maximum atomic E-state index is 14.6. The highest BCUT2D eigenvalue weighted by molar-refractivity contribution is 5.85. The fraction of sp³-hybridized carbons (Fsp3) is 0.450. The normalized spacial score (nSPS) is 19.6. The topological polar surface area (TPSA) is 87.3 Å². The number of H-pyrrole nitrogens is 1. The van der Waals surface area contributed by atoms with Gasteiger partial charge in [-0.1, -0.05) is 18.2 Å². The molecule has 1 fully saturated rings. The van der Waals surface area contributed by atoms with Crippen molar-refractivity contribution in [1.29, 1.82) is 0 Å². The number of amides is 2. The third-order valence-corrected chi connectivity index (χ3v) is 5.05. The minimum Gasteiger partial charge on any atom is -0.383 e. The molecule has 1 saturated heterocycles. The molecule has 2 N–H and O–H groups in total. The third-order valence-electron chi connectivity index (χ3n) is 5.05. The summed E-state index contributed by atoms with van der Waals surface area (Å²) in [6.45, 7) is 1.07. The maximum absolute atomic E-state index is 14.6. The van der Waals surface area contributed by atoms with Gasteiger partial charge in [0.15, 0.2) is 0 Å². The van der Waals surface area contributed by atoms with Crippen molar-refractivity contribution >= 4 is 11.8 Å². The predicted octanol–water partition coefficient (Wildman–Crippen LogP) is 1.83. The number of rotatable bonds is 8. The van der Waals surface area contributed by atoms with Gasteiger partial charge in [0.05, 0.1) is 24.9 Å². The Hall–Kier alpha value is -2.74. The van der Waals surface area contributed by atoms with Gasteiger partial charge in [-0.05, 0) is 12.5 Å². The van der Waals surface area contributed by atoms with E-state index in [-0.39, 0.29) is 18.2 Å². The number of benzene rings is 1. The molecule has 2 heterocycles. The highest BCUT2D eigenvalue weighted by Gasteiger charge is 2.41. The van der Waals surface area contributed by atoms with Crippen LogP contribution in [0.2, 0.25) is 0 Å². The molecule has 2 atom stereocenters. The molecule has 28 heavy (non-hydrogen) atoms. The van der Waals surface area contributed by atoms with Crippen molar-refractivity contribution in [2.45, 2.75) is 25.3 Å². The van der Waals surface area contributed by atoms with Gasteiger partial charge in [0, 0.05) is 50.5 Å². The first-order valence-corrected chi connectivity index (χ1v) is 9.39. The number of hydrogen-bond donors (Lipinski definition) is 2. The number of nitrogens with one attached hydrogen (secondary N) is 2. The Morgan fingerprint density at radius 1 is 1.43 bits per heavy atom. The van der Waals surface area contributed by atoms with E-state index >= 15 is 0 Å². The molecule has 0 saturated carbocycles. The number of ether oxygens (including phenoxy) is 1. The first-order valence-electron chi connectivity index (χ1n) is 9.39. The van der Waals surface area contributed by atoms with Crippen LogP contribution in [0.25, 0.3) is 0 Å². The molecule has 7 nitrogen and oxygen atoms in total. The second-order valence-corrected chi connectivity index (χ2v) is 6.81. The fourth-order valence-corrected chi connectivity index (χ4v) is 3.65. The van der Waals surface area contributed by atoms with E-state index in [1.807, 2.05) is 0 Å². The van der Waals surface area contributed by atoms with Crippen LogP contribution < -0.4 is 5.32 Å². The van der Waals surface area contributed by atoms with Gasteiger partial charge in [-0.15, -0.1) is 0 Å². The van der Waals surface area contributed by atoms with Gasteiger partial charge in [-0.3, -0.25) is 9.59 Å². The van der Waals surface area contributed by atoms with E-state index in [4.69, 9.17) is 4.74 Å². The third kappa shape index (κ3) is 4.56. The molecule has 0 aliphatic carbocycles. The van der Waals surface area contributed by atoms with Gasteiger partial charge in [0.25, 0.3) is 0 Å². The minimum absolute atomic E-state index is 0.0909. The molecule has 2 aromatic rings. The molecule has 0 bridgehead atoms. The van der Waals surface area contributed by atoms with Gasteiger partial charge >= 0.3 is 0 Å². The minimum atomic E-state index is -0.648. The van der Waals surface area contributed by atoms with Crippen LogP contribution in [0, 0.1) is 11.7 Å². The van der Waals surface area contributed by atoms with Crippen LogP contribution in [0.15, 0.2) is 36.8 Å². The number of imidazole rings is 1. The number of aromatic nitrogens is 2. The number of carbonyl (C=O) groups excluding carboxylic acids is 2. The molecule has 0 radical (unpaired) electrons. The average Bonchev–Trinajstić information content (AvgIpc) is 3.21. The number of halogens is 1. The van der Waals surface area contributed by atoms with E-state index in [1.54, 1.807) is 42.7 Å². The van der Waals surface area contributed by atoms with Crippen LogP contribution >= 0.6 is 0 Å². The van der Waals surface area contributed by atoms with Crippen molar-refractivity contribution in [3.63, 3.8) is 0 Å². The van der Waals surface area contributed by atoms with Crippen molar-refractivity contribution < 1.29 is 18.7 Å². The van der Waals surface area contributed by atoms with Crippen molar-refractivity contribution in [3.8, 4) is 0 Å². The Bertz CT molecular complexity index is 797. The molecule has 1 aliphatic heterocycles. The SMILES string of the molecule is COCCN1C(=O)CC[C@@H](C(=O)NCCc2cnc[nH]2)[C@@H]1c1ccccc1F. The summed E-state index contributed by atoms with van der Waals surface area (Å²) >= 11 is 0. The molecule has 1 aromatic carbocycles. The van der Waals surface area contributed by atoms with E-state index in [0.717, 1.165) is 5.69 Å². The van der Waals surface area contributed by atoms with E-state index in [2.05, 4.69) is 15.3 Å². The summed E-state index contributed by atoms with van der Waals surface area (Å²) < 4.78 is 19.7. The Balaban J connectivity index is 1.79. The standard InChI is InChI=1S/C20H25FN4O3/c1-28-11-10-25-18(26)7-6-16(19(25)15-4-2-3-5-17(15)21)20(27)23-9-8-14-12-22-13-24-14/h2-5,12-13,16,19H,6-11H2,1H3,(H,22,24)(H,23,27)/t16-,19+/m1/s1. The number of piperidine rings is 1. The van der Waals surface area contributed by atoms with Gasteiger partial charge in [-0.2, -0.15) is 0 Å². The highest BCUT2D eigenvalue weighted by atomic mass is 19.1. The summed E-state index contributed by atoms with van der Waals surface area (Å²) in [5.41, 5.74) is 1.28.